The molecule has 0 fully saturated rings. The van der Waals surface area contributed by atoms with Gasteiger partial charge in [-0.05, 0) is 31.0 Å². The van der Waals surface area contributed by atoms with Crippen LogP contribution in [0.25, 0.3) is 21.5 Å². The molecule has 0 aliphatic rings. The van der Waals surface area contributed by atoms with Gasteiger partial charge in [0.2, 0.25) is 0 Å². The highest BCUT2D eigenvalue weighted by Crippen LogP contribution is 2.15. The standard InChI is InChI=1S/C11H13N5/c1-9-14-10-5-2-3-6-11(10)16(9)8-4-7-13-15-12/h2-3,5-6H,4,7-8H2,1H3. The molecular weight excluding hydrogens is 202 g/mol. The van der Waals surface area contributed by atoms with Crippen molar-refractivity contribution in [2.45, 2.75) is 19.9 Å². The molecule has 0 radical (unpaired) electrons. The highest BCUT2D eigenvalue weighted by atomic mass is 15.1. The number of benzene rings is 1. The second kappa shape index (κ2) is 4.68. The van der Waals surface area contributed by atoms with Gasteiger partial charge in [-0.3, -0.25) is 0 Å². The maximum Gasteiger partial charge on any atom is 0.106 e. The summed E-state index contributed by atoms with van der Waals surface area (Å²) in [4.78, 5) is 7.21. The van der Waals surface area contributed by atoms with Crippen LogP contribution >= 0.6 is 0 Å². The molecule has 2 rings (SSSR count). The number of hydrogen-bond acceptors (Lipinski definition) is 2. The fourth-order valence-electron chi connectivity index (χ4n) is 1.82. The number of aromatic nitrogens is 2. The highest BCUT2D eigenvalue weighted by Gasteiger charge is 2.05. The lowest BCUT2D eigenvalue weighted by Crippen LogP contribution is -2.01. The molecule has 0 spiro atoms. The molecule has 0 saturated carbocycles. The van der Waals surface area contributed by atoms with Crippen LogP contribution in [0.1, 0.15) is 12.2 Å². The van der Waals surface area contributed by atoms with Gasteiger partial charge in [0.25, 0.3) is 0 Å². The molecule has 82 valence electrons. The molecule has 0 atom stereocenters. The fourth-order valence-corrected chi connectivity index (χ4v) is 1.82. The van der Waals surface area contributed by atoms with Crippen LogP contribution in [0.3, 0.4) is 0 Å². The topological polar surface area (TPSA) is 66.6 Å². The van der Waals surface area contributed by atoms with Crippen LogP contribution in [0, 0.1) is 6.92 Å². The van der Waals surface area contributed by atoms with Gasteiger partial charge in [0.1, 0.15) is 5.82 Å². The maximum absolute atomic E-state index is 8.19. The molecule has 0 bridgehead atoms. The quantitative estimate of drug-likeness (QED) is 0.334. The number of para-hydroxylation sites is 2. The number of imidazole rings is 1. The van der Waals surface area contributed by atoms with Gasteiger partial charge < -0.3 is 4.57 Å². The summed E-state index contributed by atoms with van der Waals surface area (Å²) < 4.78 is 2.15. The Morgan fingerprint density at radius 3 is 3.06 bits per heavy atom. The van der Waals surface area contributed by atoms with Crippen molar-refractivity contribution >= 4 is 11.0 Å². The molecule has 0 amide bonds. The molecule has 16 heavy (non-hydrogen) atoms. The van der Waals surface area contributed by atoms with Crippen LogP contribution < -0.4 is 0 Å². The Labute approximate surface area is 93.3 Å². The summed E-state index contributed by atoms with van der Waals surface area (Å²) in [6.07, 6.45) is 0.839. The molecule has 1 aromatic carbocycles. The molecular formula is C11H13N5. The summed E-state index contributed by atoms with van der Waals surface area (Å²) in [5.74, 6) is 1.00. The zero-order valence-electron chi connectivity index (χ0n) is 9.17. The molecule has 5 nitrogen and oxygen atoms in total. The van der Waals surface area contributed by atoms with Gasteiger partial charge in [-0.15, -0.1) is 0 Å². The van der Waals surface area contributed by atoms with Gasteiger partial charge in [-0.1, -0.05) is 17.2 Å². The van der Waals surface area contributed by atoms with Crippen LogP contribution in [0.15, 0.2) is 29.4 Å². The van der Waals surface area contributed by atoms with E-state index in [4.69, 9.17) is 5.53 Å². The van der Waals surface area contributed by atoms with Crippen LogP contribution in [0.2, 0.25) is 0 Å². The zero-order valence-corrected chi connectivity index (χ0v) is 9.17. The molecule has 0 N–H and O–H groups in total. The largest absolute Gasteiger partial charge is 0.328 e. The van der Waals surface area contributed by atoms with Crippen molar-refractivity contribution in [3.8, 4) is 0 Å². The first-order valence-corrected chi connectivity index (χ1v) is 5.25. The lowest BCUT2D eigenvalue weighted by molar-refractivity contribution is 0.647. The van der Waals surface area contributed by atoms with Gasteiger partial charge in [0.05, 0.1) is 11.0 Å². The molecule has 1 heterocycles. The number of nitrogens with zero attached hydrogens (tertiary/aromatic N) is 5. The molecule has 5 heteroatoms. The highest BCUT2D eigenvalue weighted by molar-refractivity contribution is 5.75. The summed E-state index contributed by atoms with van der Waals surface area (Å²) in [5.41, 5.74) is 10.3. The summed E-state index contributed by atoms with van der Waals surface area (Å²) in [6.45, 7) is 3.36. The third-order valence-electron chi connectivity index (χ3n) is 2.55. The first-order chi connectivity index (χ1) is 7.83. The Morgan fingerprint density at radius 1 is 1.44 bits per heavy atom. The molecule has 0 saturated heterocycles. The lowest BCUT2D eigenvalue weighted by Gasteiger charge is -2.04. The predicted octanol–water partition coefficient (Wildman–Crippen LogP) is 3.05. The molecule has 0 aliphatic heterocycles. The predicted molar refractivity (Wildman–Crippen MR) is 63.1 cm³/mol. The number of fused-ring (bicyclic) bond motifs is 1. The van der Waals surface area contributed by atoms with E-state index in [-0.39, 0.29) is 0 Å². The normalized spacial score (nSPS) is 10.3. The van der Waals surface area contributed by atoms with Gasteiger partial charge in [-0.2, -0.15) is 0 Å². The number of hydrogen-bond donors (Lipinski definition) is 0. The monoisotopic (exact) mass is 215 g/mol. The number of aryl methyl sites for hydroxylation is 2. The SMILES string of the molecule is Cc1nc2ccccc2n1CCCN=[N+]=[N-]. The van der Waals surface area contributed by atoms with Crippen LogP contribution in [0.5, 0.6) is 0 Å². The van der Waals surface area contributed by atoms with E-state index in [1.807, 2.05) is 25.1 Å². The van der Waals surface area contributed by atoms with Crippen molar-refractivity contribution in [3.63, 3.8) is 0 Å². The Balaban J connectivity index is 2.22. The van der Waals surface area contributed by atoms with Gasteiger partial charge in [0, 0.05) is 18.0 Å². The van der Waals surface area contributed by atoms with E-state index in [0.29, 0.717) is 6.54 Å². The average Bonchev–Trinajstić information content (AvgIpc) is 2.61. The third kappa shape index (κ3) is 1.99. The van der Waals surface area contributed by atoms with Gasteiger partial charge in [-0.25, -0.2) is 4.98 Å². The van der Waals surface area contributed by atoms with Crippen LogP contribution in [-0.4, -0.2) is 16.1 Å². The second-order valence-electron chi connectivity index (χ2n) is 3.61. The Hall–Kier alpha value is -2.00. The minimum absolute atomic E-state index is 0.530. The van der Waals surface area contributed by atoms with Crippen LogP contribution in [0.4, 0.5) is 0 Å². The minimum atomic E-state index is 0.530. The fraction of sp³-hybridized carbons (Fsp3) is 0.364. The van der Waals surface area contributed by atoms with Crippen molar-refractivity contribution in [3.05, 3.63) is 40.5 Å². The van der Waals surface area contributed by atoms with E-state index in [1.54, 1.807) is 0 Å². The van der Waals surface area contributed by atoms with Crippen molar-refractivity contribution < 1.29 is 0 Å². The number of rotatable bonds is 4. The van der Waals surface area contributed by atoms with E-state index in [2.05, 4.69) is 25.6 Å². The third-order valence-corrected chi connectivity index (χ3v) is 2.55. The molecule has 1 aromatic heterocycles. The average molecular weight is 215 g/mol. The first-order valence-electron chi connectivity index (χ1n) is 5.25. The lowest BCUT2D eigenvalue weighted by atomic mass is 10.3. The van der Waals surface area contributed by atoms with Gasteiger partial charge in [0.15, 0.2) is 0 Å². The van der Waals surface area contributed by atoms with E-state index >= 15 is 0 Å². The van der Waals surface area contributed by atoms with Gasteiger partial charge >= 0.3 is 0 Å². The first kappa shape index (κ1) is 10.5. The Morgan fingerprint density at radius 2 is 2.25 bits per heavy atom. The van der Waals surface area contributed by atoms with E-state index in [1.165, 1.54) is 0 Å². The maximum atomic E-state index is 8.19. The summed E-state index contributed by atoms with van der Waals surface area (Å²) in [6, 6.07) is 8.06. The molecule has 2 aromatic rings. The summed E-state index contributed by atoms with van der Waals surface area (Å²) in [5, 5.41) is 3.53. The van der Waals surface area contributed by atoms with Crippen molar-refractivity contribution in [2.24, 2.45) is 5.11 Å². The van der Waals surface area contributed by atoms with E-state index < -0.39 is 0 Å². The van der Waals surface area contributed by atoms with E-state index in [9.17, 15) is 0 Å². The molecule has 0 unspecified atom stereocenters. The summed E-state index contributed by atoms with van der Waals surface area (Å²) in [7, 11) is 0. The molecule has 0 aliphatic carbocycles. The second-order valence-corrected chi connectivity index (χ2v) is 3.61. The Bertz CT molecular complexity index is 536. The zero-order chi connectivity index (χ0) is 11.4. The summed E-state index contributed by atoms with van der Waals surface area (Å²) >= 11 is 0. The van der Waals surface area contributed by atoms with Crippen molar-refractivity contribution in [1.29, 1.82) is 0 Å². The van der Waals surface area contributed by atoms with Crippen molar-refractivity contribution in [1.82, 2.24) is 9.55 Å². The smallest absolute Gasteiger partial charge is 0.106 e. The van der Waals surface area contributed by atoms with Crippen LogP contribution in [-0.2, 0) is 6.54 Å². The Kier molecular flexibility index (Phi) is 3.08. The van der Waals surface area contributed by atoms with E-state index in [0.717, 1.165) is 29.8 Å². The number of azide groups is 1. The minimum Gasteiger partial charge on any atom is -0.328 e. The van der Waals surface area contributed by atoms with Crippen molar-refractivity contribution in [2.75, 3.05) is 6.54 Å².